The van der Waals surface area contributed by atoms with Gasteiger partial charge in [0.25, 0.3) is 0 Å². The molecule has 0 aliphatic carbocycles. The highest BCUT2D eigenvalue weighted by Gasteiger charge is 2.24. The molecule has 3 rings (SSSR count). The van der Waals surface area contributed by atoms with Crippen LogP contribution in [0.5, 0.6) is 0 Å². The van der Waals surface area contributed by atoms with Gasteiger partial charge in [-0.1, -0.05) is 62.4 Å². The number of hydrogen-bond acceptors (Lipinski definition) is 3. The van der Waals surface area contributed by atoms with Crippen LogP contribution in [-0.2, 0) is 16.0 Å². The molecule has 0 aliphatic heterocycles. The fraction of sp³-hybridized carbons (Fsp3) is 0.261. The molecule has 1 heterocycles. The van der Waals surface area contributed by atoms with Crippen LogP contribution in [0.1, 0.15) is 25.1 Å². The molecule has 0 radical (unpaired) electrons. The zero-order valence-corrected chi connectivity index (χ0v) is 16.4. The molecule has 0 bridgehead atoms. The lowest BCUT2D eigenvalue weighted by Crippen LogP contribution is -2.47. The quantitative estimate of drug-likeness (QED) is 0.687. The predicted octanol–water partition coefficient (Wildman–Crippen LogP) is 3.87. The smallest absolute Gasteiger partial charge is 0.248 e. The third-order valence-electron chi connectivity index (χ3n) is 4.58. The molecule has 3 aromatic rings. The molecular weight excluding hydrogens is 350 g/mol. The Bertz CT molecular complexity index is 998. The number of nitrogens with zero attached hydrogens (tertiary/aromatic N) is 1. The summed E-state index contributed by atoms with van der Waals surface area (Å²) in [6, 6.07) is 18.8. The molecule has 1 aromatic heterocycles. The first-order valence-corrected chi connectivity index (χ1v) is 9.44. The van der Waals surface area contributed by atoms with E-state index in [1.807, 2.05) is 75.4 Å². The van der Waals surface area contributed by atoms with Gasteiger partial charge in [0.2, 0.25) is 11.8 Å². The minimum absolute atomic E-state index is 0.0506. The van der Waals surface area contributed by atoms with Crippen LogP contribution >= 0.6 is 0 Å². The Morgan fingerprint density at radius 3 is 2.43 bits per heavy atom. The number of amides is 2. The van der Waals surface area contributed by atoms with Crippen LogP contribution in [0.3, 0.4) is 0 Å². The van der Waals surface area contributed by atoms with Gasteiger partial charge in [-0.15, -0.1) is 0 Å². The molecule has 28 heavy (non-hydrogen) atoms. The standard InChI is InChI=1S/C23H25N3O2/c1-15(2)22(23(28)25-20-10-6-7-16(3)24-20)26-21(27)14-17-11-12-18-8-4-5-9-19(18)13-17/h4-13,15,22H,14H2,1-3H3,(H,26,27)(H,24,25,28). The first-order chi connectivity index (χ1) is 13.4. The lowest BCUT2D eigenvalue weighted by molar-refractivity contribution is -0.127. The van der Waals surface area contributed by atoms with Crippen molar-refractivity contribution in [2.45, 2.75) is 33.2 Å². The first kappa shape index (κ1) is 19.5. The summed E-state index contributed by atoms with van der Waals surface area (Å²) < 4.78 is 0. The number of pyridine rings is 1. The van der Waals surface area contributed by atoms with Crippen LogP contribution in [0, 0.1) is 12.8 Å². The minimum Gasteiger partial charge on any atom is -0.344 e. The fourth-order valence-electron chi connectivity index (χ4n) is 3.11. The maximum Gasteiger partial charge on any atom is 0.248 e. The molecule has 2 N–H and O–H groups in total. The number of hydrogen-bond donors (Lipinski definition) is 2. The van der Waals surface area contributed by atoms with Crippen molar-refractivity contribution >= 4 is 28.4 Å². The number of carbonyl (C=O) groups is 2. The van der Waals surface area contributed by atoms with Gasteiger partial charge < -0.3 is 10.6 Å². The van der Waals surface area contributed by atoms with E-state index >= 15 is 0 Å². The number of nitrogens with one attached hydrogen (secondary N) is 2. The third-order valence-corrected chi connectivity index (χ3v) is 4.58. The summed E-state index contributed by atoms with van der Waals surface area (Å²) in [6.45, 7) is 5.68. The van der Waals surface area contributed by atoms with Gasteiger partial charge in [-0.25, -0.2) is 4.98 Å². The van der Waals surface area contributed by atoms with Crippen molar-refractivity contribution in [3.05, 3.63) is 71.9 Å². The minimum atomic E-state index is -0.629. The van der Waals surface area contributed by atoms with Gasteiger partial charge in [0.15, 0.2) is 0 Å². The van der Waals surface area contributed by atoms with Crippen LogP contribution in [0.4, 0.5) is 5.82 Å². The van der Waals surface area contributed by atoms with Crippen molar-refractivity contribution in [1.82, 2.24) is 10.3 Å². The molecule has 2 aromatic carbocycles. The summed E-state index contributed by atoms with van der Waals surface area (Å²) >= 11 is 0. The summed E-state index contributed by atoms with van der Waals surface area (Å²) in [7, 11) is 0. The van der Waals surface area contributed by atoms with E-state index < -0.39 is 6.04 Å². The normalized spacial score (nSPS) is 12.0. The van der Waals surface area contributed by atoms with E-state index in [4.69, 9.17) is 0 Å². The molecular formula is C23H25N3O2. The Balaban J connectivity index is 1.67. The van der Waals surface area contributed by atoms with Gasteiger partial charge in [-0.3, -0.25) is 9.59 Å². The largest absolute Gasteiger partial charge is 0.344 e. The first-order valence-electron chi connectivity index (χ1n) is 9.44. The molecule has 5 nitrogen and oxygen atoms in total. The van der Waals surface area contributed by atoms with Crippen molar-refractivity contribution in [2.24, 2.45) is 5.92 Å². The van der Waals surface area contributed by atoms with Gasteiger partial charge >= 0.3 is 0 Å². The number of rotatable bonds is 6. The van der Waals surface area contributed by atoms with Crippen molar-refractivity contribution in [3.63, 3.8) is 0 Å². The van der Waals surface area contributed by atoms with Gasteiger partial charge in [-0.2, -0.15) is 0 Å². The number of carbonyl (C=O) groups excluding carboxylic acids is 2. The van der Waals surface area contributed by atoms with Crippen LogP contribution in [-0.4, -0.2) is 22.8 Å². The second-order valence-corrected chi connectivity index (χ2v) is 7.30. The monoisotopic (exact) mass is 375 g/mol. The number of anilines is 1. The van der Waals surface area contributed by atoms with E-state index in [2.05, 4.69) is 15.6 Å². The van der Waals surface area contributed by atoms with Crippen molar-refractivity contribution in [1.29, 1.82) is 0 Å². The number of aromatic nitrogens is 1. The van der Waals surface area contributed by atoms with E-state index in [1.165, 1.54) is 0 Å². The molecule has 2 amide bonds. The zero-order valence-electron chi connectivity index (χ0n) is 16.4. The van der Waals surface area contributed by atoms with E-state index in [0.717, 1.165) is 22.0 Å². The highest BCUT2D eigenvalue weighted by atomic mass is 16.2. The summed E-state index contributed by atoms with van der Waals surface area (Å²) in [5, 5.41) is 7.89. The van der Waals surface area contributed by atoms with E-state index in [9.17, 15) is 9.59 Å². The summed E-state index contributed by atoms with van der Waals surface area (Å²) in [4.78, 5) is 29.5. The molecule has 0 spiro atoms. The topological polar surface area (TPSA) is 71.1 Å². The van der Waals surface area contributed by atoms with Gasteiger partial charge in [0.05, 0.1) is 6.42 Å². The summed E-state index contributed by atoms with van der Waals surface area (Å²) in [5.74, 6) is -0.00825. The van der Waals surface area contributed by atoms with E-state index in [-0.39, 0.29) is 24.2 Å². The molecule has 0 fully saturated rings. The molecule has 1 atom stereocenters. The molecule has 0 saturated heterocycles. The second-order valence-electron chi connectivity index (χ2n) is 7.30. The van der Waals surface area contributed by atoms with Crippen molar-refractivity contribution in [2.75, 3.05) is 5.32 Å². The Kier molecular flexibility index (Phi) is 6.04. The van der Waals surface area contributed by atoms with E-state index in [0.29, 0.717) is 5.82 Å². The van der Waals surface area contributed by atoms with Crippen LogP contribution in [0.25, 0.3) is 10.8 Å². The molecule has 0 aliphatic rings. The highest BCUT2D eigenvalue weighted by molar-refractivity contribution is 5.97. The number of aryl methyl sites for hydroxylation is 1. The third kappa shape index (κ3) is 4.94. The van der Waals surface area contributed by atoms with E-state index in [1.54, 1.807) is 6.07 Å². The van der Waals surface area contributed by atoms with Gasteiger partial charge in [-0.05, 0) is 41.3 Å². The van der Waals surface area contributed by atoms with Crippen molar-refractivity contribution < 1.29 is 9.59 Å². The number of benzene rings is 2. The van der Waals surface area contributed by atoms with Crippen LogP contribution < -0.4 is 10.6 Å². The van der Waals surface area contributed by atoms with Gasteiger partial charge in [0.1, 0.15) is 11.9 Å². The Morgan fingerprint density at radius 2 is 1.71 bits per heavy atom. The Morgan fingerprint density at radius 1 is 0.964 bits per heavy atom. The molecule has 5 heteroatoms. The maximum atomic E-state index is 12.7. The Labute approximate surface area is 165 Å². The van der Waals surface area contributed by atoms with Crippen LogP contribution in [0.2, 0.25) is 0 Å². The van der Waals surface area contributed by atoms with Gasteiger partial charge in [0, 0.05) is 5.69 Å². The fourth-order valence-corrected chi connectivity index (χ4v) is 3.11. The molecule has 1 unspecified atom stereocenters. The predicted molar refractivity (Wildman–Crippen MR) is 112 cm³/mol. The zero-order chi connectivity index (χ0) is 20.1. The highest BCUT2D eigenvalue weighted by Crippen LogP contribution is 2.16. The van der Waals surface area contributed by atoms with Crippen LogP contribution in [0.15, 0.2) is 60.7 Å². The lowest BCUT2D eigenvalue weighted by Gasteiger charge is -2.21. The summed E-state index contributed by atoms with van der Waals surface area (Å²) in [6.07, 6.45) is 0.226. The average Bonchev–Trinajstić information content (AvgIpc) is 2.65. The molecule has 0 saturated carbocycles. The summed E-state index contributed by atoms with van der Waals surface area (Å²) in [5.41, 5.74) is 1.73. The van der Waals surface area contributed by atoms with Crippen molar-refractivity contribution in [3.8, 4) is 0 Å². The molecule has 144 valence electrons. The maximum absolute atomic E-state index is 12.7. The SMILES string of the molecule is Cc1cccc(NC(=O)C(NC(=O)Cc2ccc3ccccc3c2)C(C)C)n1. The Hall–Kier alpha value is -3.21. The lowest BCUT2D eigenvalue weighted by atomic mass is 10.0. The number of fused-ring (bicyclic) bond motifs is 1. The second kappa shape index (κ2) is 8.65. The average molecular weight is 375 g/mol.